The molecule has 0 aromatic heterocycles. The van der Waals surface area contributed by atoms with Crippen molar-refractivity contribution < 1.29 is 14.3 Å². The lowest BCUT2D eigenvalue weighted by atomic mass is 10.0. The summed E-state index contributed by atoms with van der Waals surface area (Å²) in [5, 5.41) is 2.86. The third-order valence-corrected chi connectivity index (χ3v) is 4.67. The first kappa shape index (κ1) is 18.8. The summed E-state index contributed by atoms with van der Waals surface area (Å²) >= 11 is 0. The standard InChI is InChI=1S/C21H25N3O3/c1-15(2)16-4-6-17(7-5-16)22-20(25)14-23-12-13-24(21(23)26)18-8-10-19(27-3)11-9-18/h4-11,15H,12-14H2,1-3H3,(H,22,25). The van der Waals surface area contributed by atoms with Crippen LogP contribution in [0.5, 0.6) is 5.75 Å². The minimum atomic E-state index is -0.197. The predicted molar refractivity (Wildman–Crippen MR) is 106 cm³/mol. The molecule has 1 saturated heterocycles. The number of benzene rings is 2. The second-order valence-electron chi connectivity index (χ2n) is 6.88. The van der Waals surface area contributed by atoms with Gasteiger partial charge in [0.1, 0.15) is 12.3 Å². The summed E-state index contributed by atoms with van der Waals surface area (Å²) in [6.07, 6.45) is 0. The van der Waals surface area contributed by atoms with Gasteiger partial charge in [0.2, 0.25) is 5.91 Å². The number of rotatable bonds is 6. The van der Waals surface area contributed by atoms with Gasteiger partial charge in [0.25, 0.3) is 0 Å². The number of urea groups is 1. The number of hydrogen-bond acceptors (Lipinski definition) is 3. The number of nitrogens with one attached hydrogen (secondary N) is 1. The maximum atomic E-state index is 12.6. The molecule has 0 aliphatic carbocycles. The van der Waals surface area contributed by atoms with Gasteiger partial charge >= 0.3 is 6.03 Å². The van der Waals surface area contributed by atoms with Crippen molar-refractivity contribution >= 4 is 23.3 Å². The molecule has 6 nitrogen and oxygen atoms in total. The zero-order valence-corrected chi connectivity index (χ0v) is 15.9. The van der Waals surface area contributed by atoms with Crippen LogP contribution in [0.4, 0.5) is 16.2 Å². The van der Waals surface area contributed by atoms with Crippen LogP contribution in [0.1, 0.15) is 25.3 Å². The Bertz CT molecular complexity index is 800. The molecule has 2 aromatic carbocycles. The molecular formula is C21H25N3O3. The average Bonchev–Trinajstić information content (AvgIpc) is 3.02. The summed E-state index contributed by atoms with van der Waals surface area (Å²) < 4.78 is 5.14. The highest BCUT2D eigenvalue weighted by atomic mass is 16.5. The SMILES string of the molecule is COc1ccc(N2CCN(CC(=O)Nc3ccc(C(C)C)cc3)C2=O)cc1. The molecule has 1 aliphatic heterocycles. The Labute approximate surface area is 159 Å². The van der Waals surface area contributed by atoms with Crippen molar-refractivity contribution in [1.29, 1.82) is 0 Å². The van der Waals surface area contributed by atoms with Gasteiger partial charge in [-0.3, -0.25) is 9.69 Å². The van der Waals surface area contributed by atoms with Crippen molar-refractivity contribution in [2.75, 3.05) is 37.0 Å². The van der Waals surface area contributed by atoms with Crippen molar-refractivity contribution in [2.24, 2.45) is 0 Å². The third-order valence-electron chi connectivity index (χ3n) is 4.67. The molecular weight excluding hydrogens is 342 g/mol. The number of hydrogen-bond donors (Lipinski definition) is 1. The van der Waals surface area contributed by atoms with E-state index in [4.69, 9.17) is 4.74 Å². The van der Waals surface area contributed by atoms with Gasteiger partial charge in [-0.2, -0.15) is 0 Å². The monoisotopic (exact) mass is 367 g/mol. The lowest BCUT2D eigenvalue weighted by molar-refractivity contribution is -0.116. The van der Waals surface area contributed by atoms with Gasteiger partial charge in [-0.1, -0.05) is 26.0 Å². The third kappa shape index (κ3) is 4.39. The number of carbonyl (C=O) groups excluding carboxylic acids is 2. The summed E-state index contributed by atoms with van der Waals surface area (Å²) in [5.74, 6) is 0.989. The highest BCUT2D eigenvalue weighted by molar-refractivity contribution is 5.99. The van der Waals surface area contributed by atoms with E-state index >= 15 is 0 Å². The first-order valence-electron chi connectivity index (χ1n) is 9.08. The van der Waals surface area contributed by atoms with Crippen LogP contribution in [0.25, 0.3) is 0 Å². The largest absolute Gasteiger partial charge is 0.497 e. The van der Waals surface area contributed by atoms with Crippen LogP contribution in [-0.2, 0) is 4.79 Å². The molecule has 1 N–H and O–H groups in total. The van der Waals surface area contributed by atoms with Crippen LogP contribution in [0.15, 0.2) is 48.5 Å². The van der Waals surface area contributed by atoms with E-state index in [1.54, 1.807) is 16.9 Å². The molecule has 3 amide bonds. The first-order valence-corrected chi connectivity index (χ1v) is 9.08. The fourth-order valence-electron chi connectivity index (χ4n) is 3.06. The molecule has 2 aromatic rings. The number of carbonyl (C=O) groups is 2. The van der Waals surface area contributed by atoms with E-state index in [9.17, 15) is 9.59 Å². The van der Waals surface area contributed by atoms with E-state index in [1.807, 2.05) is 48.5 Å². The Kier molecular flexibility index (Phi) is 5.64. The second kappa shape index (κ2) is 8.12. The molecule has 1 fully saturated rings. The van der Waals surface area contributed by atoms with E-state index < -0.39 is 0 Å². The number of ether oxygens (including phenoxy) is 1. The van der Waals surface area contributed by atoms with E-state index in [2.05, 4.69) is 19.2 Å². The summed E-state index contributed by atoms with van der Waals surface area (Å²) in [6.45, 7) is 5.37. The van der Waals surface area contributed by atoms with E-state index in [1.165, 1.54) is 5.56 Å². The van der Waals surface area contributed by atoms with Gasteiger partial charge in [-0.15, -0.1) is 0 Å². The van der Waals surface area contributed by atoms with Crippen LogP contribution in [0.2, 0.25) is 0 Å². The molecule has 0 radical (unpaired) electrons. The van der Waals surface area contributed by atoms with Gasteiger partial charge in [0.15, 0.2) is 0 Å². The Morgan fingerprint density at radius 1 is 1.07 bits per heavy atom. The zero-order chi connectivity index (χ0) is 19.4. The number of anilines is 2. The molecule has 0 bridgehead atoms. The average molecular weight is 367 g/mol. The number of methoxy groups -OCH3 is 1. The van der Waals surface area contributed by atoms with Crippen molar-refractivity contribution in [3.63, 3.8) is 0 Å². The minimum Gasteiger partial charge on any atom is -0.497 e. The molecule has 6 heteroatoms. The Morgan fingerprint density at radius 2 is 1.74 bits per heavy atom. The van der Waals surface area contributed by atoms with E-state index in [0.717, 1.165) is 17.1 Å². The molecule has 142 valence electrons. The molecule has 1 heterocycles. The molecule has 0 saturated carbocycles. The van der Waals surface area contributed by atoms with E-state index in [0.29, 0.717) is 19.0 Å². The zero-order valence-electron chi connectivity index (χ0n) is 15.9. The normalized spacial score (nSPS) is 14.0. The Balaban J connectivity index is 1.57. The topological polar surface area (TPSA) is 61.9 Å². The van der Waals surface area contributed by atoms with Gasteiger partial charge in [0, 0.05) is 24.5 Å². The van der Waals surface area contributed by atoms with Crippen LogP contribution in [0, 0.1) is 0 Å². The fourth-order valence-corrected chi connectivity index (χ4v) is 3.06. The number of amides is 3. The Morgan fingerprint density at radius 3 is 2.33 bits per heavy atom. The lowest BCUT2D eigenvalue weighted by Gasteiger charge is -2.18. The molecule has 27 heavy (non-hydrogen) atoms. The van der Waals surface area contributed by atoms with Gasteiger partial charge < -0.3 is 15.0 Å². The van der Waals surface area contributed by atoms with Crippen LogP contribution >= 0.6 is 0 Å². The molecule has 0 unspecified atom stereocenters. The Hall–Kier alpha value is -3.02. The number of nitrogens with zero attached hydrogens (tertiary/aromatic N) is 2. The quantitative estimate of drug-likeness (QED) is 0.847. The fraction of sp³-hybridized carbons (Fsp3) is 0.333. The van der Waals surface area contributed by atoms with Crippen LogP contribution < -0.4 is 15.0 Å². The van der Waals surface area contributed by atoms with Crippen molar-refractivity contribution in [2.45, 2.75) is 19.8 Å². The molecule has 1 aliphatic rings. The van der Waals surface area contributed by atoms with Crippen molar-refractivity contribution in [3.8, 4) is 5.75 Å². The van der Waals surface area contributed by atoms with Crippen molar-refractivity contribution in [3.05, 3.63) is 54.1 Å². The summed E-state index contributed by atoms with van der Waals surface area (Å²) in [7, 11) is 1.60. The van der Waals surface area contributed by atoms with Crippen LogP contribution in [0.3, 0.4) is 0 Å². The van der Waals surface area contributed by atoms with Gasteiger partial charge in [-0.25, -0.2) is 4.79 Å². The summed E-state index contributed by atoms with van der Waals surface area (Å²) in [6, 6.07) is 15.0. The smallest absolute Gasteiger partial charge is 0.325 e. The van der Waals surface area contributed by atoms with E-state index in [-0.39, 0.29) is 18.5 Å². The minimum absolute atomic E-state index is 0.0391. The summed E-state index contributed by atoms with van der Waals surface area (Å²) in [5.41, 5.74) is 2.76. The maximum absolute atomic E-state index is 12.6. The molecule has 0 atom stereocenters. The first-order chi connectivity index (χ1) is 13.0. The highest BCUT2D eigenvalue weighted by Gasteiger charge is 2.30. The predicted octanol–water partition coefficient (Wildman–Crippen LogP) is 3.70. The summed E-state index contributed by atoms with van der Waals surface area (Å²) in [4.78, 5) is 28.2. The second-order valence-corrected chi connectivity index (χ2v) is 6.88. The van der Waals surface area contributed by atoms with Crippen LogP contribution in [-0.4, -0.2) is 43.6 Å². The maximum Gasteiger partial charge on any atom is 0.325 e. The van der Waals surface area contributed by atoms with Crippen molar-refractivity contribution in [1.82, 2.24) is 4.90 Å². The van der Waals surface area contributed by atoms with Gasteiger partial charge in [-0.05, 0) is 47.9 Å². The molecule has 0 spiro atoms. The lowest BCUT2D eigenvalue weighted by Crippen LogP contribution is -2.37. The highest BCUT2D eigenvalue weighted by Crippen LogP contribution is 2.23. The van der Waals surface area contributed by atoms with Gasteiger partial charge in [0.05, 0.1) is 7.11 Å². The molecule has 3 rings (SSSR count).